The molecule has 2 amide bonds. The van der Waals surface area contributed by atoms with Gasteiger partial charge in [0.1, 0.15) is 5.75 Å². The Hall–Kier alpha value is -3.60. The Balaban J connectivity index is 1.47. The number of benzene rings is 3. The van der Waals surface area contributed by atoms with Crippen molar-refractivity contribution in [2.75, 3.05) is 24.6 Å². The zero-order valence-corrected chi connectivity index (χ0v) is 19.0. The highest BCUT2D eigenvalue weighted by molar-refractivity contribution is 6.00. The highest BCUT2D eigenvalue weighted by Crippen LogP contribution is 2.28. The van der Waals surface area contributed by atoms with Crippen LogP contribution in [0.15, 0.2) is 84.9 Å². The fraction of sp³-hybridized carbons (Fsp3) is 0.286. The molecule has 0 saturated carbocycles. The number of hydrogen-bond donors (Lipinski definition) is 0. The number of ether oxygens (including phenoxy) is 1. The molecule has 5 heteroatoms. The molecular weight excluding hydrogens is 412 g/mol. The maximum absolute atomic E-state index is 13.6. The zero-order valence-electron chi connectivity index (χ0n) is 19.0. The predicted molar refractivity (Wildman–Crippen MR) is 130 cm³/mol. The standard InChI is InChI=1S/C28H30N2O3/c1-2-33-26-15-13-25(14-16-26)30-21-24(19-27(30)31)28(32)29(20-23-11-7-4-8-12-23)18-17-22-9-5-3-6-10-22/h3-16,24H,2,17-21H2,1H3/t24-/m0/s1. The van der Waals surface area contributed by atoms with Gasteiger partial charge < -0.3 is 14.5 Å². The Kier molecular flexibility index (Phi) is 7.40. The molecule has 1 saturated heterocycles. The minimum atomic E-state index is -0.344. The normalized spacial score (nSPS) is 15.5. The first-order chi connectivity index (χ1) is 16.1. The molecule has 3 aromatic carbocycles. The Labute approximate surface area is 195 Å². The van der Waals surface area contributed by atoms with Gasteiger partial charge in [-0.1, -0.05) is 60.7 Å². The first-order valence-corrected chi connectivity index (χ1v) is 11.5. The van der Waals surface area contributed by atoms with Gasteiger partial charge in [0, 0.05) is 31.7 Å². The molecule has 4 rings (SSSR count). The summed E-state index contributed by atoms with van der Waals surface area (Å²) in [6.45, 7) is 4.10. The molecule has 1 atom stereocenters. The molecule has 3 aromatic rings. The number of carbonyl (C=O) groups is 2. The predicted octanol–water partition coefficient (Wildman–Crippen LogP) is 4.71. The van der Waals surface area contributed by atoms with Crippen LogP contribution in [0.3, 0.4) is 0 Å². The second-order valence-corrected chi connectivity index (χ2v) is 8.31. The molecule has 1 aliphatic heterocycles. The SMILES string of the molecule is CCOc1ccc(N2C[C@@H](C(=O)N(CCc3ccccc3)Cc3ccccc3)CC2=O)cc1. The third kappa shape index (κ3) is 5.80. The lowest BCUT2D eigenvalue weighted by atomic mass is 10.1. The third-order valence-electron chi connectivity index (χ3n) is 5.97. The first-order valence-electron chi connectivity index (χ1n) is 11.5. The van der Waals surface area contributed by atoms with Gasteiger partial charge in [0.25, 0.3) is 0 Å². The van der Waals surface area contributed by atoms with Crippen molar-refractivity contribution in [3.05, 3.63) is 96.1 Å². The number of anilines is 1. The summed E-state index contributed by atoms with van der Waals surface area (Å²) >= 11 is 0. The summed E-state index contributed by atoms with van der Waals surface area (Å²) in [6, 6.07) is 27.7. The van der Waals surface area contributed by atoms with Gasteiger partial charge in [-0.05, 0) is 48.7 Å². The molecule has 0 spiro atoms. The zero-order chi connectivity index (χ0) is 23.0. The van der Waals surface area contributed by atoms with E-state index >= 15 is 0 Å². The van der Waals surface area contributed by atoms with E-state index in [2.05, 4.69) is 12.1 Å². The molecule has 0 radical (unpaired) electrons. The Morgan fingerprint density at radius 2 is 1.58 bits per heavy atom. The van der Waals surface area contributed by atoms with Gasteiger partial charge in [-0.3, -0.25) is 9.59 Å². The van der Waals surface area contributed by atoms with Crippen LogP contribution in [0.25, 0.3) is 0 Å². The lowest BCUT2D eigenvalue weighted by Gasteiger charge is -2.26. The smallest absolute Gasteiger partial charge is 0.228 e. The van der Waals surface area contributed by atoms with Crippen molar-refractivity contribution in [3.63, 3.8) is 0 Å². The van der Waals surface area contributed by atoms with Crippen molar-refractivity contribution in [2.24, 2.45) is 5.92 Å². The number of rotatable bonds is 9. The van der Waals surface area contributed by atoms with Gasteiger partial charge in [-0.15, -0.1) is 0 Å². The summed E-state index contributed by atoms with van der Waals surface area (Å²) in [6.07, 6.45) is 1.02. The average Bonchev–Trinajstić information content (AvgIpc) is 3.25. The second-order valence-electron chi connectivity index (χ2n) is 8.31. The van der Waals surface area contributed by atoms with E-state index in [9.17, 15) is 9.59 Å². The van der Waals surface area contributed by atoms with Crippen LogP contribution in [0.1, 0.15) is 24.5 Å². The topological polar surface area (TPSA) is 49.9 Å². The molecule has 1 aliphatic rings. The summed E-state index contributed by atoms with van der Waals surface area (Å²) in [5, 5.41) is 0. The minimum Gasteiger partial charge on any atom is -0.494 e. The molecule has 0 aliphatic carbocycles. The minimum absolute atomic E-state index is 0.0137. The van der Waals surface area contributed by atoms with Crippen molar-refractivity contribution in [1.82, 2.24) is 4.90 Å². The molecule has 0 aromatic heterocycles. The highest BCUT2D eigenvalue weighted by Gasteiger charge is 2.37. The number of carbonyl (C=O) groups excluding carboxylic acids is 2. The van der Waals surface area contributed by atoms with Crippen LogP contribution in [0.4, 0.5) is 5.69 Å². The lowest BCUT2D eigenvalue weighted by molar-refractivity contribution is -0.136. The van der Waals surface area contributed by atoms with Crippen LogP contribution in [-0.4, -0.2) is 36.4 Å². The second kappa shape index (κ2) is 10.8. The van der Waals surface area contributed by atoms with Crippen LogP contribution >= 0.6 is 0 Å². The van der Waals surface area contributed by atoms with E-state index < -0.39 is 0 Å². The van der Waals surface area contributed by atoms with E-state index in [1.165, 1.54) is 5.56 Å². The van der Waals surface area contributed by atoms with Crippen molar-refractivity contribution in [3.8, 4) is 5.75 Å². The maximum Gasteiger partial charge on any atom is 0.228 e. The molecular formula is C28H30N2O3. The fourth-order valence-electron chi connectivity index (χ4n) is 4.25. The molecule has 1 fully saturated rings. The maximum atomic E-state index is 13.6. The van der Waals surface area contributed by atoms with Crippen molar-refractivity contribution >= 4 is 17.5 Å². The molecule has 0 N–H and O–H groups in total. The van der Waals surface area contributed by atoms with Gasteiger partial charge in [-0.2, -0.15) is 0 Å². The van der Waals surface area contributed by atoms with Gasteiger partial charge in [0.15, 0.2) is 0 Å². The lowest BCUT2D eigenvalue weighted by Crippen LogP contribution is -2.38. The third-order valence-corrected chi connectivity index (χ3v) is 5.97. The van der Waals surface area contributed by atoms with Crippen LogP contribution in [-0.2, 0) is 22.6 Å². The summed E-state index contributed by atoms with van der Waals surface area (Å²) in [5.41, 5.74) is 3.09. The van der Waals surface area contributed by atoms with Crippen LogP contribution in [0.5, 0.6) is 5.75 Å². The molecule has 33 heavy (non-hydrogen) atoms. The highest BCUT2D eigenvalue weighted by atomic mass is 16.5. The Morgan fingerprint density at radius 3 is 2.21 bits per heavy atom. The van der Waals surface area contributed by atoms with E-state index in [0.29, 0.717) is 26.2 Å². The molecule has 0 unspecified atom stereocenters. The largest absolute Gasteiger partial charge is 0.494 e. The van der Waals surface area contributed by atoms with Gasteiger partial charge in [0.2, 0.25) is 11.8 Å². The monoisotopic (exact) mass is 442 g/mol. The number of nitrogens with zero attached hydrogens (tertiary/aromatic N) is 2. The summed E-state index contributed by atoms with van der Waals surface area (Å²) in [5.74, 6) is 0.454. The van der Waals surface area contributed by atoms with E-state index in [1.807, 2.05) is 84.6 Å². The molecule has 0 bridgehead atoms. The number of amides is 2. The van der Waals surface area contributed by atoms with Crippen molar-refractivity contribution < 1.29 is 14.3 Å². The molecule has 5 nitrogen and oxygen atoms in total. The van der Waals surface area contributed by atoms with Gasteiger partial charge in [0.05, 0.1) is 12.5 Å². The van der Waals surface area contributed by atoms with E-state index in [0.717, 1.165) is 23.4 Å². The Morgan fingerprint density at radius 1 is 0.939 bits per heavy atom. The first kappa shape index (κ1) is 22.6. The van der Waals surface area contributed by atoms with E-state index in [-0.39, 0.29) is 24.2 Å². The Bertz CT molecular complexity index is 1050. The summed E-state index contributed by atoms with van der Waals surface area (Å²) in [4.78, 5) is 30.0. The van der Waals surface area contributed by atoms with E-state index in [4.69, 9.17) is 4.74 Å². The fourth-order valence-corrected chi connectivity index (χ4v) is 4.25. The van der Waals surface area contributed by atoms with Gasteiger partial charge >= 0.3 is 0 Å². The van der Waals surface area contributed by atoms with Crippen LogP contribution in [0, 0.1) is 5.92 Å². The quantitative estimate of drug-likeness (QED) is 0.482. The van der Waals surface area contributed by atoms with Crippen molar-refractivity contribution in [2.45, 2.75) is 26.3 Å². The summed E-state index contributed by atoms with van der Waals surface area (Å²) in [7, 11) is 0. The van der Waals surface area contributed by atoms with Gasteiger partial charge in [-0.25, -0.2) is 0 Å². The van der Waals surface area contributed by atoms with Crippen LogP contribution < -0.4 is 9.64 Å². The molecule has 1 heterocycles. The summed E-state index contributed by atoms with van der Waals surface area (Å²) < 4.78 is 5.50. The van der Waals surface area contributed by atoms with E-state index in [1.54, 1.807) is 4.90 Å². The number of hydrogen-bond acceptors (Lipinski definition) is 3. The average molecular weight is 443 g/mol. The van der Waals surface area contributed by atoms with Crippen LogP contribution in [0.2, 0.25) is 0 Å². The van der Waals surface area contributed by atoms with Crippen molar-refractivity contribution in [1.29, 1.82) is 0 Å². The molecule has 170 valence electrons.